The maximum absolute atomic E-state index is 7.00. The van der Waals surface area contributed by atoms with Crippen LogP contribution >= 0.6 is 0 Å². The Morgan fingerprint density at radius 2 is 0.525 bits per heavy atom. The standard InChI is InChI=1S/C108H62N8O2/c1-2-23-67(24-3-1)103-109-105(113-107(111-103)93-61-79(59-91-84-35-14-16-38-97(84)117-101(91)93)115-95-57-73-27-6-4-25-71(73)55-89(95)86-50-48-65-21-9-12-33-82(65)99(86)115)78-47-46-76-53-75(44-45-77(76)54-78)70-31-18-30-69(52-70)63-40-42-68(43-41-63)104-110-106(88-37-19-29-64-20-8-11-32-81(64)88)114-108(112-104)94-62-80(60-92-85-36-15-17-39-98(85)118-102(92)94)116-96-58-74-28-7-5-26-72(74)56-90(96)87-51-49-66-22-10-13-34-83(66)100(87)116/h1-62H. The smallest absolute Gasteiger partial charge is 0.167 e. The van der Waals surface area contributed by atoms with E-state index in [0.29, 0.717) is 46.1 Å². The van der Waals surface area contributed by atoms with E-state index in [1.165, 1.54) is 43.1 Å². The maximum Gasteiger partial charge on any atom is 0.167 e. The summed E-state index contributed by atoms with van der Waals surface area (Å²) in [6.07, 6.45) is 0. The van der Waals surface area contributed by atoms with Gasteiger partial charge in [0.25, 0.3) is 0 Å². The molecule has 0 fully saturated rings. The lowest BCUT2D eigenvalue weighted by Crippen LogP contribution is -2.02. The first-order valence-corrected chi connectivity index (χ1v) is 39.8. The summed E-state index contributed by atoms with van der Waals surface area (Å²) in [7, 11) is 0. The number of furan rings is 2. The predicted molar refractivity (Wildman–Crippen MR) is 485 cm³/mol. The lowest BCUT2D eigenvalue weighted by Gasteiger charge is -2.14. The van der Waals surface area contributed by atoms with Gasteiger partial charge >= 0.3 is 0 Å². The summed E-state index contributed by atoms with van der Waals surface area (Å²) >= 11 is 0. The van der Waals surface area contributed by atoms with E-state index in [1.54, 1.807) is 0 Å². The summed E-state index contributed by atoms with van der Waals surface area (Å²) in [5.41, 5.74) is 18.7. The van der Waals surface area contributed by atoms with Crippen LogP contribution in [0, 0.1) is 0 Å². The number of benzene rings is 19. The third-order valence-corrected chi connectivity index (χ3v) is 24.1. The van der Waals surface area contributed by atoms with Crippen molar-refractivity contribution in [2.45, 2.75) is 0 Å². The van der Waals surface area contributed by atoms with Gasteiger partial charge in [0.15, 0.2) is 34.9 Å². The molecule has 25 aromatic rings. The Kier molecular flexibility index (Phi) is 14.3. The molecular formula is C108H62N8O2. The first-order valence-electron chi connectivity index (χ1n) is 39.8. The molecule has 0 aliphatic rings. The van der Waals surface area contributed by atoms with Crippen LogP contribution in [0.15, 0.2) is 385 Å². The number of rotatable bonds is 10. The molecule has 0 saturated heterocycles. The molecule has 10 heteroatoms. The number of hydrogen-bond acceptors (Lipinski definition) is 8. The summed E-state index contributed by atoms with van der Waals surface area (Å²) in [6.45, 7) is 0. The molecule has 0 aliphatic heterocycles. The number of nitrogens with zero attached hydrogens (tertiary/aromatic N) is 8. The van der Waals surface area contributed by atoms with Crippen molar-refractivity contribution >= 4 is 152 Å². The van der Waals surface area contributed by atoms with Crippen molar-refractivity contribution in [3.63, 3.8) is 0 Å². The third kappa shape index (κ3) is 10.4. The minimum absolute atomic E-state index is 0.498. The normalized spacial score (nSPS) is 12.1. The average Bonchev–Trinajstić information content (AvgIpc) is 1.56. The Hall–Kier alpha value is -16.0. The van der Waals surface area contributed by atoms with E-state index in [-0.39, 0.29) is 0 Å². The van der Waals surface area contributed by atoms with Crippen molar-refractivity contribution in [2.24, 2.45) is 0 Å². The number of hydrogen-bond donors (Lipinski definition) is 0. The Bertz CT molecular complexity index is 8580. The number of fused-ring (bicyclic) bond motifs is 20. The van der Waals surface area contributed by atoms with Crippen molar-refractivity contribution in [1.82, 2.24) is 39.0 Å². The maximum atomic E-state index is 7.00. The van der Waals surface area contributed by atoms with Gasteiger partial charge in [0.05, 0.1) is 33.2 Å². The van der Waals surface area contributed by atoms with Crippen LogP contribution in [-0.2, 0) is 0 Å². The van der Waals surface area contributed by atoms with Gasteiger partial charge in [0.1, 0.15) is 22.3 Å². The molecule has 19 aromatic carbocycles. The molecule has 25 rings (SSSR count). The molecule has 546 valence electrons. The first-order chi connectivity index (χ1) is 58.4. The average molecular weight is 1500 g/mol. The van der Waals surface area contributed by atoms with Gasteiger partial charge in [-0.25, -0.2) is 29.9 Å². The zero-order valence-electron chi connectivity index (χ0n) is 63.2. The van der Waals surface area contributed by atoms with Crippen molar-refractivity contribution in [1.29, 1.82) is 0 Å². The van der Waals surface area contributed by atoms with Crippen LogP contribution in [-0.4, -0.2) is 39.0 Å². The second-order valence-electron chi connectivity index (χ2n) is 30.8. The van der Waals surface area contributed by atoms with Crippen molar-refractivity contribution in [3.8, 4) is 102 Å². The fraction of sp³-hybridized carbons (Fsp3) is 0. The summed E-state index contributed by atoms with van der Waals surface area (Å²) < 4.78 is 18.8. The Labute approximate surface area is 673 Å². The van der Waals surface area contributed by atoms with Crippen LogP contribution in [0.25, 0.3) is 254 Å². The fourth-order valence-corrected chi connectivity index (χ4v) is 18.4. The lowest BCUT2D eigenvalue weighted by molar-refractivity contribution is 0.669. The van der Waals surface area contributed by atoms with E-state index in [9.17, 15) is 0 Å². The summed E-state index contributed by atoms with van der Waals surface area (Å²) in [5, 5.41) is 22.3. The van der Waals surface area contributed by atoms with Crippen LogP contribution in [0.5, 0.6) is 0 Å². The molecule has 6 heterocycles. The van der Waals surface area contributed by atoms with Crippen LogP contribution in [0.3, 0.4) is 0 Å². The van der Waals surface area contributed by atoms with E-state index in [0.717, 1.165) is 165 Å². The topological polar surface area (TPSA) is 113 Å². The molecule has 6 aromatic heterocycles. The molecule has 0 saturated carbocycles. The molecule has 0 atom stereocenters. The highest BCUT2D eigenvalue weighted by Crippen LogP contribution is 2.47. The van der Waals surface area contributed by atoms with Gasteiger partial charge in [0, 0.05) is 87.5 Å². The molecule has 118 heavy (non-hydrogen) atoms. The van der Waals surface area contributed by atoms with Crippen LogP contribution < -0.4 is 0 Å². The quantitative estimate of drug-likeness (QED) is 0.133. The van der Waals surface area contributed by atoms with Gasteiger partial charge in [-0.1, -0.05) is 297 Å². The first kappa shape index (κ1) is 65.5. The highest BCUT2D eigenvalue weighted by Gasteiger charge is 2.27. The van der Waals surface area contributed by atoms with Crippen LogP contribution in [0.2, 0.25) is 0 Å². The molecule has 0 radical (unpaired) electrons. The zero-order valence-corrected chi connectivity index (χ0v) is 63.2. The second kappa shape index (κ2) is 25.7. The van der Waals surface area contributed by atoms with E-state index in [4.69, 9.17) is 38.7 Å². The molecular weight excluding hydrogens is 1440 g/mol. The molecule has 0 unspecified atom stereocenters. The van der Waals surface area contributed by atoms with Crippen LogP contribution in [0.1, 0.15) is 0 Å². The van der Waals surface area contributed by atoms with E-state index in [2.05, 4.69) is 343 Å². The van der Waals surface area contributed by atoms with Crippen molar-refractivity contribution in [2.75, 3.05) is 0 Å². The number of para-hydroxylation sites is 2. The molecule has 0 amide bonds. The Morgan fingerprint density at radius 3 is 1.08 bits per heavy atom. The number of aromatic nitrogens is 8. The molecule has 0 N–H and O–H groups in total. The summed E-state index contributed by atoms with van der Waals surface area (Å²) in [5.74, 6) is 3.21. The van der Waals surface area contributed by atoms with Gasteiger partial charge in [-0.3, -0.25) is 0 Å². The Morgan fingerprint density at radius 1 is 0.178 bits per heavy atom. The van der Waals surface area contributed by atoms with Gasteiger partial charge in [0.2, 0.25) is 0 Å². The van der Waals surface area contributed by atoms with Crippen molar-refractivity contribution < 1.29 is 8.83 Å². The SMILES string of the molecule is c1ccc(-c2nc(-c3ccc4cc(-c5cccc(-c6ccc(-c7nc(-c8cccc9ccccc89)nc(-c8cc(-n9c%10cc%11ccccc%11cc%10c%10ccc%11ccccc%11c%109)cc9c8oc8ccccc89)n7)cc6)c5)ccc4c3)nc(-c3cc(-n4c5cc6ccccc6cc5c5ccc6ccccc6c54)cc4c3oc3ccccc34)n2)cc1. The Balaban J connectivity index is 0.588. The summed E-state index contributed by atoms with van der Waals surface area (Å²) in [6, 6.07) is 134. The second-order valence-corrected chi connectivity index (χ2v) is 30.8. The van der Waals surface area contributed by atoms with E-state index >= 15 is 0 Å². The van der Waals surface area contributed by atoms with Gasteiger partial charge in [-0.15, -0.1) is 0 Å². The molecule has 10 nitrogen and oxygen atoms in total. The highest BCUT2D eigenvalue weighted by molar-refractivity contribution is 6.24. The van der Waals surface area contributed by atoms with Gasteiger partial charge in [-0.05, 0) is 155 Å². The predicted octanol–water partition coefficient (Wildman–Crippen LogP) is 28.3. The molecule has 0 spiro atoms. The minimum Gasteiger partial charge on any atom is -0.455 e. The fourth-order valence-electron chi connectivity index (χ4n) is 18.4. The van der Waals surface area contributed by atoms with E-state index in [1.807, 2.05) is 42.5 Å². The molecule has 0 aliphatic carbocycles. The van der Waals surface area contributed by atoms with Crippen LogP contribution in [0.4, 0.5) is 0 Å². The van der Waals surface area contributed by atoms with Gasteiger partial charge < -0.3 is 18.0 Å². The minimum atomic E-state index is 0.498. The van der Waals surface area contributed by atoms with E-state index < -0.39 is 0 Å². The zero-order chi connectivity index (χ0) is 77.2. The monoisotopic (exact) mass is 1500 g/mol. The third-order valence-electron chi connectivity index (χ3n) is 24.1. The summed E-state index contributed by atoms with van der Waals surface area (Å²) in [4.78, 5) is 32.6. The van der Waals surface area contributed by atoms with Crippen molar-refractivity contribution in [3.05, 3.63) is 376 Å². The lowest BCUT2D eigenvalue weighted by atomic mass is 9.96. The molecule has 0 bridgehead atoms. The van der Waals surface area contributed by atoms with Gasteiger partial charge in [-0.2, -0.15) is 0 Å². The highest BCUT2D eigenvalue weighted by atomic mass is 16.3. The largest absolute Gasteiger partial charge is 0.455 e.